The van der Waals surface area contributed by atoms with Gasteiger partial charge in [-0.15, -0.1) is 23.1 Å². The van der Waals surface area contributed by atoms with Gasteiger partial charge < -0.3 is 10.2 Å². The van der Waals surface area contributed by atoms with Crippen LogP contribution >= 0.6 is 23.1 Å². The van der Waals surface area contributed by atoms with Crippen LogP contribution in [-0.4, -0.2) is 38.0 Å². The SMILES string of the molecule is O=C(O)C1CSC(c2nc3cc4ccc(O)cc4cc3s2)=N1. The number of carbonyl (C=O) groups is 1. The van der Waals surface area contributed by atoms with E-state index in [1.54, 1.807) is 12.1 Å². The van der Waals surface area contributed by atoms with Gasteiger partial charge in [-0.3, -0.25) is 4.99 Å². The summed E-state index contributed by atoms with van der Waals surface area (Å²) in [4.78, 5) is 19.8. The molecule has 0 fully saturated rings. The average molecular weight is 330 g/mol. The second-order valence-corrected chi connectivity index (χ2v) is 7.01. The number of carboxylic acid groups (broad SMARTS) is 1. The van der Waals surface area contributed by atoms with Gasteiger partial charge >= 0.3 is 5.97 Å². The van der Waals surface area contributed by atoms with Gasteiger partial charge in [0, 0.05) is 5.75 Å². The molecule has 0 saturated carbocycles. The molecule has 0 aliphatic carbocycles. The smallest absolute Gasteiger partial charge is 0.329 e. The van der Waals surface area contributed by atoms with Gasteiger partial charge in [-0.1, -0.05) is 6.07 Å². The molecule has 1 atom stereocenters. The molecule has 0 saturated heterocycles. The zero-order valence-electron chi connectivity index (χ0n) is 11.2. The number of thiazole rings is 1. The van der Waals surface area contributed by atoms with E-state index in [-0.39, 0.29) is 5.75 Å². The van der Waals surface area contributed by atoms with E-state index in [0.717, 1.165) is 26.0 Å². The third kappa shape index (κ3) is 2.22. The highest BCUT2D eigenvalue weighted by molar-refractivity contribution is 8.15. The number of aromatic nitrogens is 1. The summed E-state index contributed by atoms with van der Waals surface area (Å²) in [6.45, 7) is 0. The number of phenolic OH excluding ortho intramolecular Hbond substituents is 1. The zero-order valence-corrected chi connectivity index (χ0v) is 12.8. The predicted molar refractivity (Wildman–Crippen MR) is 89.2 cm³/mol. The van der Waals surface area contributed by atoms with E-state index < -0.39 is 12.0 Å². The van der Waals surface area contributed by atoms with E-state index >= 15 is 0 Å². The van der Waals surface area contributed by atoms with E-state index in [1.807, 2.05) is 18.2 Å². The molecule has 22 heavy (non-hydrogen) atoms. The molecule has 110 valence electrons. The van der Waals surface area contributed by atoms with E-state index in [1.165, 1.54) is 23.1 Å². The summed E-state index contributed by atoms with van der Waals surface area (Å²) in [5.74, 6) is -0.211. The van der Waals surface area contributed by atoms with Crippen LogP contribution in [0.1, 0.15) is 5.01 Å². The molecule has 0 radical (unpaired) electrons. The van der Waals surface area contributed by atoms with Crippen molar-refractivity contribution in [3.8, 4) is 5.75 Å². The Morgan fingerprint density at radius 2 is 2.09 bits per heavy atom. The van der Waals surface area contributed by atoms with Crippen molar-refractivity contribution in [1.29, 1.82) is 0 Å². The van der Waals surface area contributed by atoms with Crippen molar-refractivity contribution in [2.45, 2.75) is 6.04 Å². The van der Waals surface area contributed by atoms with E-state index in [9.17, 15) is 9.90 Å². The lowest BCUT2D eigenvalue weighted by Crippen LogP contribution is -2.17. The Morgan fingerprint density at radius 1 is 1.23 bits per heavy atom. The van der Waals surface area contributed by atoms with Crippen molar-refractivity contribution in [2.75, 3.05) is 5.75 Å². The van der Waals surface area contributed by atoms with Crippen molar-refractivity contribution in [2.24, 2.45) is 4.99 Å². The lowest BCUT2D eigenvalue weighted by atomic mass is 10.1. The number of phenols is 1. The maximum absolute atomic E-state index is 11.0. The van der Waals surface area contributed by atoms with Crippen molar-refractivity contribution in [3.63, 3.8) is 0 Å². The number of aliphatic imine (C=N–C) groups is 1. The van der Waals surface area contributed by atoms with Crippen LogP contribution in [0.15, 0.2) is 35.3 Å². The standard InChI is InChI=1S/C15H10N2O3S2/c18-9-2-1-7-4-10-12(5-8(7)3-9)22-14(16-10)13-17-11(6-21-13)15(19)20/h1-5,11,18H,6H2,(H,19,20). The molecule has 4 rings (SSSR count). The van der Waals surface area contributed by atoms with E-state index in [0.29, 0.717) is 10.8 Å². The summed E-state index contributed by atoms with van der Waals surface area (Å²) in [5, 5.41) is 22.0. The third-order valence-corrected chi connectivity index (χ3v) is 5.66. The Kier molecular flexibility index (Phi) is 3.05. The molecule has 1 aliphatic rings. The molecule has 7 heteroatoms. The van der Waals surface area contributed by atoms with Gasteiger partial charge in [-0.2, -0.15) is 0 Å². The van der Waals surface area contributed by atoms with Gasteiger partial charge in [0.05, 0.1) is 10.2 Å². The van der Waals surface area contributed by atoms with E-state index in [2.05, 4.69) is 9.98 Å². The van der Waals surface area contributed by atoms with Crippen LogP contribution in [0.3, 0.4) is 0 Å². The number of benzene rings is 2. The van der Waals surface area contributed by atoms with Gasteiger partial charge in [-0.05, 0) is 35.0 Å². The molecule has 2 N–H and O–H groups in total. The fourth-order valence-electron chi connectivity index (χ4n) is 2.37. The Labute approximate surface area is 133 Å². The van der Waals surface area contributed by atoms with Crippen LogP contribution in [-0.2, 0) is 4.79 Å². The van der Waals surface area contributed by atoms with Gasteiger partial charge in [0.2, 0.25) is 0 Å². The summed E-state index contributed by atoms with van der Waals surface area (Å²) >= 11 is 2.92. The highest BCUT2D eigenvalue weighted by atomic mass is 32.2. The Morgan fingerprint density at radius 3 is 2.86 bits per heavy atom. The normalized spacial score (nSPS) is 18.0. The van der Waals surface area contributed by atoms with Gasteiger partial charge in [0.25, 0.3) is 0 Å². The fraction of sp³-hybridized carbons (Fsp3) is 0.133. The molecule has 3 aromatic rings. The first-order valence-corrected chi connectivity index (χ1v) is 8.37. The number of hydrogen-bond donors (Lipinski definition) is 2. The number of carboxylic acids is 1. The first-order chi connectivity index (χ1) is 10.6. The Bertz CT molecular complexity index is 949. The van der Waals surface area contributed by atoms with Crippen LogP contribution in [0.2, 0.25) is 0 Å². The molecule has 1 aliphatic heterocycles. The second-order valence-electron chi connectivity index (χ2n) is 4.97. The maximum atomic E-state index is 11.0. The van der Waals surface area contributed by atoms with Crippen molar-refractivity contribution in [1.82, 2.24) is 4.98 Å². The number of fused-ring (bicyclic) bond motifs is 2. The number of nitrogens with zero attached hydrogens (tertiary/aromatic N) is 2. The minimum atomic E-state index is -0.898. The average Bonchev–Trinajstić information content (AvgIpc) is 3.11. The summed E-state index contributed by atoms with van der Waals surface area (Å²) in [7, 11) is 0. The molecule has 1 aromatic heterocycles. The van der Waals surface area contributed by atoms with Crippen LogP contribution < -0.4 is 0 Å². The van der Waals surface area contributed by atoms with Gasteiger partial charge in [0.1, 0.15) is 15.8 Å². The van der Waals surface area contributed by atoms with Crippen molar-refractivity contribution >= 4 is 55.1 Å². The predicted octanol–water partition coefficient (Wildman–Crippen LogP) is 3.10. The van der Waals surface area contributed by atoms with Crippen LogP contribution in [0.25, 0.3) is 21.0 Å². The molecular formula is C15H10N2O3S2. The maximum Gasteiger partial charge on any atom is 0.329 e. The molecular weight excluding hydrogens is 320 g/mol. The minimum Gasteiger partial charge on any atom is -0.508 e. The van der Waals surface area contributed by atoms with Crippen molar-refractivity contribution < 1.29 is 15.0 Å². The van der Waals surface area contributed by atoms with Crippen LogP contribution in [0, 0.1) is 0 Å². The van der Waals surface area contributed by atoms with Gasteiger partial charge in [0.15, 0.2) is 6.04 Å². The largest absolute Gasteiger partial charge is 0.508 e. The molecule has 2 heterocycles. The fourth-order valence-corrected chi connectivity index (χ4v) is 4.46. The number of hydrogen-bond acceptors (Lipinski definition) is 6. The number of aromatic hydroxyl groups is 1. The molecule has 0 amide bonds. The lowest BCUT2D eigenvalue weighted by molar-refractivity contribution is -0.137. The molecule has 5 nitrogen and oxygen atoms in total. The third-order valence-electron chi connectivity index (χ3n) is 3.45. The van der Waals surface area contributed by atoms with Gasteiger partial charge in [-0.25, -0.2) is 9.78 Å². The van der Waals surface area contributed by atoms with E-state index in [4.69, 9.17) is 5.11 Å². The highest BCUT2D eigenvalue weighted by Gasteiger charge is 2.26. The highest BCUT2D eigenvalue weighted by Crippen LogP contribution is 2.32. The molecule has 2 aromatic carbocycles. The van der Waals surface area contributed by atoms with Crippen LogP contribution in [0.4, 0.5) is 0 Å². The quantitative estimate of drug-likeness (QED) is 0.754. The Balaban J connectivity index is 1.82. The number of thioether (sulfide) groups is 1. The minimum absolute atomic E-state index is 0.233. The zero-order chi connectivity index (χ0) is 15.3. The van der Waals surface area contributed by atoms with Crippen LogP contribution in [0.5, 0.6) is 5.75 Å². The monoisotopic (exact) mass is 330 g/mol. The summed E-state index contributed by atoms with van der Waals surface area (Å²) < 4.78 is 0.996. The lowest BCUT2D eigenvalue weighted by Gasteiger charge is -1.98. The number of aliphatic carboxylic acids is 1. The topological polar surface area (TPSA) is 82.8 Å². The molecule has 0 spiro atoms. The molecule has 0 bridgehead atoms. The summed E-state index contributed by atoms with van der Waals surface area (Å²) in [5.41, 5.74) is 0.861. The van der Waals surface area contributed by atoms with Crippen molar-refractivity contribution in [3.05, 3.63) is 35.3 Å². The summed E-state index contributed by atoms with van der Waals surface area (Å²) in [6.07, 6.45) is 0. The first-order valence-electron chi connectivity index (χ1n) is 6.57. The second kappa shape index (κ2) is 4.96. The summed E-state index contributed by atoms with van der Waals surface area (Å²) in [6, 6.07) is 8.50. The Hall–Kier alpha value is -2.12. The first kappa shape index (κ1) is 13.5. The number of rotatable bonds is 2. The molecule has 1 unspecified atom stereocenters.